The van der Waals surface area contributed by atoms with Crippen LogP contribution in [0.15, 0.2) is 54.6 Å². The van der Waals surface area contributed by atoms with Crippen molar-refractivity contribution in [2.75, 3.05) is 16.9 Å². The zero-order chi connectivity index (χ0) is 23.8. The van der Waals surface area contributed by atoms with E-state index in [1.165, 1.54) is 0 Å². The predicted molar refractivity (Wildman–Crippen MR) is 130 cm³/mol. The Hall–Kier alpha value is -3.11. The summed E-state index contributed by atoms with van der Waals surface area (Å²) in [6.07, 6.45) is -0.782. The molecule has 2 aliphatic rings. The van der Waals surface area contributed by atoms with Gasteiger partial charge in [0.05, 0.1) is 23.7 Å². The van der Waals surface area contributed by atoms with E-state index in [2.05, 4.69) is 26.5 Å². The average Bonchev–Trinajstić information content (AvgIpc) is 3.39. The van der Waals surface area contributed by atoms with Gasteiger partial charge in [-0.3, -0.25) is 19.9 Å². The molecule has 0 spiro atoms. The van der Waals surface area contributed by atoms with Crippen LogP contribution < -0.4 is 26.4 Å². The lowest BCUT2D eigenvalue weighted by molar-refractivity contribution is -0.129. The highest BCUT2D eigenvalue weighted by atomic mass is 35.5. The number of anilines is 2. The van der Waals surface area contributed by atoms with Gasteiger partial charge in [0.2, 0.25) is 11.8 Å². The summed E-state index contributed by atoms with van der Waals surface area (Å²) in [5.41, 5.74) is 5.71. The highest BCUT2D eigenvalue weighted by Gasteiger charge is 2.45. The maximum Gasteiger partial charge on any atom is 0.230 e. The van der Waals surface area contributed by atoms with Gasteiger partial charge in [0, 0.05) is 22.7 Å². The molecule has 3 aromatic rings. The molecule has 3 unspecified atom stereocenters. The third kappa shape index (κ3) is 4.60. The molecule has 2 fully saturated rings. The quantitative estimate of drug-likeness (QED) is 0.430. The zero-order valence-electron chi connectivity index (χ0n) is 18.3. The Labute approximate surface area is 206 Å². The maximum absolute atomic E-state index is 12.9. The molecule has 3 heterocycles. The fourth-order valence-electron chi connectivity index (χ4n) is 4.23. The number of halogens is 2. The van der Waals surface area contributed by atoms with E-state index >= 15 is 0 Å². The molecular weight excluding hydrogens is 477 g/mol. The average molecular weight is 500 g/mol. The van der Waals surface area contributed by atoms with Crippen LogP contribution in [0, 0.1) is 12.8 Å². The van der Waals surface area contributed by atoms with Gasteiger partial charge in [-0.1, -0.05) is 35.3 Å². The highest BCUT2D eigenvalue weighted by molar-refractivity contribution is 6.30. The van der Waals surface area contributed by atoms with E-state index in [-0.39, 0.29) is 30.3 Å². The highest BCUT2D eigenvalue weighted by Crippen LogP contribution is 2.28. The molecule has 2 aromatic carbocycles. The van der Waals surface area contributed by atoms with Gasteiger partial charge in [0.1, 0.15) is 12.0 Å². The third-order valence-corrected chi connectivity index (χ3v) is 6.34. The molecule has 3 atom stereocenters. The van der Waals surface area contributed by atoms with Crippen LogP contribution in [0.2, 0.25) is 10.0 Å². The van der Waals surface area contributed by atoms with E-state index in [1.54, 1.807) is 35.0 Å². The number of hydrazine groups is 1. The lowest BCUT2D eigenvalue weighted by Crippen LogP contribution is -2.61. The topological polar surface area (TPSA) is 103 Å². The maximum atomic E-state index is 12.9. The molecule has 0 aliphatic carbocycles. The van der Waals surface area contributed by atoms with Crippen LogP contribution in [-0.2, 0) is 16.0 Å². The van der Waals surface area contributed by atoms with Crippen LogP contribution in [0.25, 0.3) is 0 Å². The fourth-order valence-corrected chi connectivity index (χ4v) is 4.48. The molecular formula is C23H23Cl2N7O2. The Morgan fingerprint density at radius 1 is 1.12 bits per heavy atom. The number of nitrogens with one attached hydrogen (secondary N) is 4. The van der Waals surface area contributed by atoms with Crippen LogP contribution in [0.3, 0.4) is 0 Å². The number of benzene rings is 2. The van der Waals surface area contributed by atoms with Crippen molar-refractivity contribution in [2.45, 2.75) is 25.8 Å². The van der Waals surface area contributed by atoms with Gasteiger partial charge in [-0.15, -0.1) is 0 Å². The minimum Gasteiger partial charge on any atom is -0.321 e. The molecule has 0 bridgehead atoms. The number of fused-ring (bicyclic) bond motifs is 1. The molecule has 0 saturated carbocycles. The number of carbonyl (C=O) groups is 2. The summed E-state index contributed by atoms with van der Waals surface area (Å²) in [5, 5.41) is 17.0. The largest absolute Gasteiger partial charge is 0.321 e. The first kappa shape index (κ1) is 22.7. The standard InChI is InChI=1S/C23H23Cl2N7O2/c1-13-10-19(27-20(33)11-14-2-4-15(24)5-3-14)32(30-13)23-28-21-18(22(34)29-23)12-26-31(21)17-8-6-16(25)7-9-17/h2-10,18,21,23,26,28H,11-12H2,1H3,(H,27,33)(H,29,34). The molecule has 176 valence electrons. The molecule has 9 nitrogen and oxygen atoms in total. The monoisotopic (exact) mass is 499 g/mol. The van der Waals surface area contributed by atoms with E-state index in [4.69, 9.17) is 23.2 Å². The normalized spacial score (nSPS) is 21.8. The molecule has 11 heteroatoms. The Balaban J connectivity index is 1.34. The van der Waals surface area contributed by atoms with Gasteiger partial charge in [-0.25, -0.2) is 10.1 Å². The lowest BCUT2D eigenvalue weighted by atomic mass is 10.0. The number of amides is 2. The van der Waals surface area contributed by atoms with Crippen molar-refractivity contribution in [1.29, 1.82) is 0 Å². The molecule has 4 N–H and O–H groups in total. The molecule has 5 rings (SSSR count). The second-order valence-electron chi connectivity index (χ2n) is 8.30. The summed E-state index contributed by atoms with van der Waals surface area (Å²) < 4.78 is 1.58. The summed E-state index contributed by atoms with van der Waals surface area (Å²) in [6.45, 7) is 2.32. The van der Waals surface area contributed by atoms with Crippen molar-refractivity contribution in [3.05, 3.63) is 75.9 Å². The Bertz CT molecular complexity index is 1210. The van der Waals surface area contributed by atoms with Crippen LogP contribution in [-0.4, -0.2) is 34.3 Å². The van der Waals surface area contributed by atoms with Crippen molar-refractivity contribution in [3.63, 3.8) is 0 Å². The molecule has 1 aromatic heterocycles. The van der Waals surface area contributed by atoms with Crippen molar-refractivity contribution in [2.24, 2.45) is 5.92 Å². The van der Waals surface area contributed by atoms with Crippen molar-refractivity contribution >= 4 is 46.5 Å². The lowest BCUT2D eigenvalue weighted by Gasteiger charge is -2.37. The van der Waals surface area contributed by atoms with E-state index in [1.807, 2.05) is 36.2 Å². The van der Waals surface area contributed by atoms with Crippen molar-refractivity contribution in [1.82, 2.24) is 25.8 Å². The Morgan fingerprint density at radius 2 is 1.79 bits per heavy atom. The molecule has 34 heavy (non-hydrogen) atoms. The first-order valence-corrected chi connectivity index (χ1v) is 11.6. The number of aryl methyl sites for hydroxylation is 1. The molecule has 2 aliphatic heterocycles. The molecule has 0 radical (unpaired) electrons. The summed E-state index contributed by atoms with van der Waals surface area (Å²) in [6, 6.07) is 16.3. The van der Waals surface area contributed by atoms with E-state index in [9.17, 15) is 9.59 Å². The van der Waals surface area contributed by atoms with Gasteiger partial charge in [0.15, 0.2) is 6.29 Å². The number of hydrogen-bond donors (Lipinski definition) is 4. The van der Waals surface area contributed by atoms with Crippen molar-refractivity contribution < 1.29 is 9.59 Å². The van der Waals surface area contributed by atoms with E-state index < -0.39 is 6.29 Å². The number of carbonyl (C=O) groups excluding carboxylic acids is 2. The van der Waals surface area contributed by atoms with Crippen LogP contribution in [0.4, 0.5) is 11.5 Å². The zero-order valence-corrected chi connectivity index (χ0v) is 19.8. The number of rotatable bonds is 5. The summed E-state index contributed by atoms with van der Waals surface area (Å²) in [7, 11) is 0. The minimum atomic E-state index is -0.650. The summed E-state index contributed by atoms with van der Waals surface area (Å²) in [4.78, 5) is 25.6. The Morgan fingerprint density at radius 3 is 2.50 bits per heavy atom. The molecule has 2 saturated heterocycles. The number of nitrogens with zero attached hydrogens (tertiary/aromatic N) is 3. The SMILES string of the molecule is Cc1cc(NC(=O)Cc2ccc(Cl)cc2)n(C2NC(=O)C3CNN(c4ccc(Cl)cc4)C3N2)n1. The van der Waals surface area contributed by atoms with Gasteiger partial charge < -0.3 is 10.6 Å². The number of hydrogen-bond acceptors (Lipinski definition) is 6. The number of aromatic nitrogens is 2. The second kappa shape index (κ2) is 9.27. The van der Waals surface area contributed by atoms with Crippen LogP contribution in [0.5, 0.6) is 0 Å². The third-order valence-electron chi connectivity index (χ3n) is 5.84. The van der Waals surface area contributed by atoms with Crippen molar-refractivity contribution in [3.8, 4) is 0 Å². The smallest absolute Gasteiger partial charge is 0.230 e. The van der Waals surface area contributed by atoms with E-state index in [0.29, 0.717) is 28.1 Å². The predicted octanol–water partition coefficient (Wildman–Crippen LogP) is 2.82. The minimum absolute atomic E-state index is 0.107. The van der Waals surface area contributed by atoms with Gasteiger partial charge in [0.25, 0.3) is 0 Å². The fraction of sp³-hybridized carbons (Fsp3) is 0.261. The first-order valence-electron chi connectivity index (χ1n) is 10.8. The molecule has 2 amide bonds. The van der Waals surface area contributed by atoms with E-state index in [0.717, 1.165) is 11.3 Å². The summed E-state index contributed by atoms with van der Waals surface area (Å²) in [5.74, 6) is -0.124. The van der Waals surface area contributed by atoms with Gasteiger partial charge in [-0.2, -0.15) is 5.10 Å². The van der Waals surface area contributed by atoms with Crippen LogP contribution in [0.1, 0.15) is 17.5 Å². The Kier molecular flexibility index (Phi) is 6.18. The second-order valence-corrected chi connectivity index (χ2v) is 9.18. The van der Waals surface area contributed by atoms with Crippen LogP contribution >= 0.6 is 23.2 Å². The first-order chi connectivity index (χ1) is 16.4. The van der Waals surface area contributed by atoms with Gasteiger partial charge >= 0.3 is 0 Å². The van der Waals surface area contributed by atoms with Gasteiger partial charge in [-0.05, 0) is 48.9 Å². The summed E-state index contributed by atoms with van der Waals surface area (Å²) >= 11 is 12.0.